The van der Waals surface area contributed by atoms with Gasteiger partial charge in [0, 0.05) is 0 Å². The van der Waals surface area contributed by atoms with Gasteiger partial charge in [0.05, 0.1) is 10.8 Å². The second-order valence-corrected chi connectivity index (χ2v) is 7.90. The first-order chi connectivity index (χ1) is 11.0. The molecule has 0 amide bonds. The van der Waals surface area contributed by atoms with Gasteiger partial charge < -0.3 is 0 Å². The third kappa shape index (κ3) is 1.28. The van der Waals surface area contributed by atoms with Gasteiger partial charge in [-0.15, -0.1) is 0 Å². The lowest BCUT2D eigenvalue weighted by atomic mass is 9.69. The van der Waals surface area contributed by atoms with Crippen molar-refractivity contribution >= 4 is 0 Å². The first-order valence-electron chi connectivity index (χ1n) is 8.52. The number of benzene rings is 2. The Hall–Kier alpha value is -1.64. The molecule has 0 N–H and O–H groups in total. The first-order valence-corrected chi connectivity index (χ1v) is 8.52. The van der Waals surface area contributed by atoms with Crippen molar-refractivity contribution in [2.45, 2.75) is 57.2 Å². The molecule has 0 bridgehead atoms. The van der Waals surface area contributed by atoms with Gasteiger partial charge in [0.1, 0.15) is 0 Å². The van der Waals surface area contributed by atoms with Gasteiger partial charge in [-0.05, 0) is 60.1 Å². The van der Waals surface area contributed by atoms with E-state index in [4.69, 9.17) is 9.78 Å². The SMILES string of the molecule is Cc1ccc2c(c1C)C(C)(C)C1(OO1)C21CCc2ccccc21. The zero-order valence-corrected chi connectivity index (χ0v) is 14.2. The van der Waals surface area contributed by atoms with E-state index in [1.54, 1.807) is 0 Å². The average Bonchev–Trinajstić information content (AvgIpc) is 3.24. The standard InChI is InChI=1S/C21H22O2/c1-13-9-10-17-18(14(13)2)19(3,4)21(22-23-21)20(17)12-11-15-7-5-6-8-16(15)20/h5-10H,11-12H2,1-4H3. The molecular formula is C21H22O2. The Labute approximate surface area is 137 Å². The molecule has 2 aliphatic carbocycles. The highest BCUT2D eigenvalue weighted by Crippen LogP contribution is 2.71. The van der Waals surface area contributed by atoms with Crippen molar-refractivity contribution < 1.29 is 9.78 Å². The maximum absolute atomic E-state index is 5.84. The Balaban J connectivity index is 1.91. The molecule has 2 aromatic rings. The topological polar surface area (TPSA) is 25.1 Å². The summed E-state index contributed by atoms with van der Waals surface area (Å²) in [5.41, 5.74) is 8.07. The highest BCUT2D eigenvalue weighted by atomic mass is 17.4. The number of hydrogen-bond acceptors (Lipinski definition) is 2. The molecule has 2 aromatic carbocycles. The summed E-state index contributed by atoms with van der Waals surface area (Å²) in [7, 11) is 0. The van der Waals surface area contributed by atoms with E-state index in [0.717, 1.165) is 12.8 Å². The van der Waals surface area contributed by atoms with Crippen molar-refractivity contribution in [2.75, 3.05) is 0 Å². The van der Waals surface area contributed by atoms with Crippen LogP contribution in [0.3, 0.4) is 0 Å². The predicted molar refractivity (Wildman–Crippen MR) is 89.4 cm³/mol. The summed E-state index contributed by atoms with van der Waals surface area (Å²) in [6, 6.07) is 13.4. The van der Waals surface area contributed by atoms with Crippen molar-refractivity contribution in [3.8, 4) is 0 Å². The molecule has 1 saturated heterocycles. The molecule has 0 saturated carbocycles. The molecule has 3 aliphatic rings. The van der Waals surface area contributed by atoms with E-state index in [9.17, 15) is 0 Å². The van der Waals surface area contributed by atoms with Crippen molar-refractivity contribution in [2.24, 2.45) is 0 Å². The summed E-state index contributed by atoms with van der Waals surface area (Å²) < 4.78 is 0. The second kappa shape index (κ2) is 3.88. The average molecular weight is 306 g/mol. The Morgan fingerprint density at radius 1 is 0.913 bits per heavy atom. The molecule has 1 fully saturated rings. The van der Waals surface area contributed by atoms with Crippen LogP contribution in [-0.2, 0) is 27.0 Å². The summed E-state index contributed by atoms with van der Waals surface area (Å²) in [5.74, 6) is -0.548. The Kier molecular flexibility index (Phi) is 2.32. The van der Waals surface area contributed by atoms with Gasteiger partial charge in [0.15, 0.2) is 0 Å². The minimum atomic E-state index is -0.548. The van der Waals surface area contributed by atoms with E-state index >= 15 is 0 Å². The molecule has 0 radical (unpaired) electrons. The number of fused-ring (bicyclic) bond motifs is 5. The minimum absolute atomic E-state index is 0.157. The normalized spacial score (nSPS) is 28.2. The van der Waals surface area contributed by atoms with Gasteiger partial charge in [0.2, 0.25) is 0 Å². The Bertz CT molecular complexity index is 845. The predicted octanol–water partition coefficient (Wildman–Crippen LogP) is 4.49. The van der Waals surface area contributed by atoms with Crippen LogP contribution < -0.4 is 0 Å². The van der Waals surface area contributed by atoms with Crippen molar-refractivity contribution in [1.29, 1.82) is 0 Å². The quantitative estimate of drug-likeness (QED) is 0.529. The highest BCUT2D eigenvalue weighted by Gasteiger charge is 2.80. The highest BCUT2D eigenvalue weighted by molar-refractivity contribution is 5.64. The molecule has 23 heavy (non-hydrogen) atoms. The summed E-state index contributed by atoms with van der Waals surface area (Å²) in [4.78, 5) is 11.7. The molecule has 1 aliphatic heterocycles. The fourth-order valence-corrected chi connectivity index (χ4v) is 5.48. The van der Waals surface area contributed by atoms with Gasteiger partial charge in [0.25, 0.3) is 5.79 Å². The van der Waals surface area contributed by atoms with E-state index < -0.39 is 5.79 Å². The molecule has 2 heteroatoms. The van der Waals surface area contributed by atoms with E-state index in [0.29, 0.717) is 0 Å². The Morgan fingerprint density at radius 2 is 1.65 bits per heavy atom. The van der Waals surface area contributed by atoms with E-state index in [-0.39, 0.29) is 10.8 Å². The lowest BCUT2D eigenvalue weighted by Gasteiger charge is -2.32. The van der Waals surface area contributed by atoms with E-state index in [1.807, 2.05) is 0 Å². The molecule has 118 valence electrons. The maximum atomic E-state index is 5.84. The van der Waals surface area contributed by atoms with Crippen LogP contribution in [0, 0.1) is 13.8 Å². The van der Waals surface area contributed by atoms with E-state index in [1.165, 1.54) is 33.4 Å². The molecular weight excluding hydrogens is 284 g/mol. The lowest BCUT2D eigenvalue weighted by Crippen LogP contribution is -2.46. The second-order valence-electron chi connectivity index (χ2n) is 7.90. The van der Waals surface area contributed by atoms with Crippen LogP contribution in [0.1, 0.15) is 53.6 Å². The smallest absolute Gasteiger partial charge is 0.192 e. The molecule has 5 rings (SSSR count). The Morgan fingerprint density at radius 3 is 2.39 bits per heavy atom. The van der Waals surface area contributed by atoms with Crippen molar-refractivity contribution in [3.05, 3.63) is 69.8 Å². The fraction of sp³-hybridized carbons (Fsp3) is 0.429. The summed E-state index contributed by atoms with van der Waals surface area (Å²) in [6.45, 7) is 8.99. The zero-order valence-electron chi connectivity index (χ0n) is 14.2. The fourth-order valence-electron chi connectivity index (χ4n) is 5.48. The van der Waals surface area contributed by atoms with Crippen LogP contribution in [0.2, 0.25) is 0 Å². The maximum Gasteiger partial charge on any atom is 0.256 e. The van der Waals surface area contributed by atoms with Crippen molar-refractivity contribution in [1.82, 2.24) is 0 Å². The minimum Gasteiger partial charge on any atom is -0.192 e. The largest absolute Gasteiger partial charge is 0.256 e. The first kappa shape index (κ1) is 13.8. The molecule has 0 aromatic heterocycles. The molecule has 2 spiro atoms. The van der Waals surface area contributed by atoms with E-state index in [2.05, 4.69) is 64.1 Å². The molecule has 1 heterocycles. The van der Waals surface area contributed by atoms with Gasteiger partial charge >= 0.3 is 0 Å². The molecule has 1 atom stereocenters. The zero-order chi connectivity index (χ0) is 16.0. The van der Waals surface area contributed by atoms with Crippen LogP contribution in [0.5, 0.6) is 0 Å². The number of hydrogen-bond donors (Lipinski definition) is 0. The monoisotopic (exact) mass is 306 g/mol. The van der Waals surface area contributed by atoms with Crippen LogP contribution in [0.15, 0.2) is 36.4 Å². The third-order valence-electron chi connectivity index (χ3n) is 6.70. The van der Waals surface area contributed by atoms with Gasteiger partial charge in [-0.2, -0.15) is 9.78 Å². The van der Waals surface area contributed by atoms with Crippen LogP contribution >= 0.6 is 0 Å². The lowest BCUT2D eigenvalue weighted by molar-refractivity contribution is 0.0850. The molecule has 2 nitrogen and oxygen atoms in total. The van der Waals surface area contributed by atoms with Gasteiger partial charge in [-0.25, -0.2) is 0 Å². The van der Waals surface area contributed by atoms with Crippen molar-refractivity contribution in [3.63, 3.8) is 0 Å². The third-order valence-corrected chi connectivity index (χ3v) is 6.70. The number of rotatable bonds is 0. The summed E-state index contributed by atoms with van der Waals surface area (Å²) >= 11 is 0. The van der Waals surface area contributed by atoms with Gasteiger partial charge in [-0.3, -0.25) is 0 Å². The van der Waals surface area contributed by atoms with Crippen LogP contribution in [-0.4, -0.2) is 5.79 Å². The summed E-state index contributed by atoms with van der Waals surface area (Å²) in [5, 5.41) is 0. The van der Waals surface area contributed by atoms with Gasteiger partial charge in [-0.1, -0.05) is 50.2 Å². The summed E-state index contributed by atoms with van der Waals surface area (Å²) in [6.07, 6.45) is 2.15. The van der Waals surface area contributed by atoms with Crippen LogP contribution in [0.25, 0.3) is 0 Å². The molecule has 1 unspecified atom stereocenters. The number of aryl methyl sites for hydroxylation is 2. The van der Waals surface area contributed by atoms with Crippen LogP contribution in [0.4, 0.5) is 0 Å².